The van der Waals surface area contributed by atoms with E-state index in [1.54, 1.807) is 0 Å². The second-order valence-corrected chi connectivity index (χ2v) is 5.36. The van der Waals surface area contributed by atoms with Gasteiger partial charge in [-0.2, -0.15) is 0 Å². The predicted molar refractivity (Wildman–Crippen MR) is 80.6 cm³/mol. The van der Waals surface area contributed by atoms with Crippen molar-refractivity contribution >= 4 is 23.1 Å². The van der Waals surface area contributed by atoms with Gasteiger partial charge >= 0.3 is 0 Å². The van der Waals surface area contributed by atoms with Crippen LogP contribution in [0.25, 0.3) is 0 Å². The van der Waals surface area contributed by atoms with Crippen LogP contribution in [0, 0.1) is 5.92 Å². The molecule has 0 aliphatic heterocycles. The van der Waals surface area contributed by atoms with E-state index in [1.165, 1.54) is 0 Å². The molecule has 0 radical (unpaired) electrons. The summed E-state index contributed by atoms with van der Waals surface area (Å²) in [6.45, 7) is 11.6. The van der Waals surface area contributed by atoms with Crippen LogP contribution in [0.3, 0.4) is 0 Å². The van der Waals surface area contributed by atoms with Gasteiger partial charge < -0.3 is 11.1 Å². The van der Waals surface area contributed by atoms with Crippen LogP contribution >= 0.6 is 12.2 Å². The summed E-state index contributed by atoms with van der Waals surface area (Å²) >= 11 is 4.98. The second kappa shape index (κ2) is 8.43. The van der Waals surface area contributed by atoms with Gasteiger partial charge in [-0.1, -0.05) is 33.0 Å². The summed E-state index contributed by atoms with van der Waals surface area (Å²) in [4.78, 5) is 14.6. The average molecular weight is 273 g/mol. The number of carbonyl (C=O) groups is 1. The molecule has 106 valence electrons. The Morgan fingerprint density at radius 3 is 2.28 bits per heavy atom. The van der Waals surface area contributed by atoms with Crippen molar-refractivity contribution in [3.05, 3.63) is 0 Å². The fourth-order valence-electron chi connectivity index (χ4n) is 1.63. The van der Waals surface area contributed by atoms with Crippen molar-refractivity contribution in [2.75, 3.05) is 13.1 Å². The minimum absolute atomic E-state index is 0.0707. The maximum absolute atomic E-state index is 12.0. The van der Waals surface area contributed by atoms with Crippen LogP contribution in [0.2, 0.25) is 0 Å². The summed E-state index contributed by atoms with van der Waals surface area (Å²) in [5, 5.41) is 3.00. The standard InChI is InChI=1S/C13H27N3OS/c1-6-10(4)15-13(17)11(5)16(7-2)8-9(3)12(14)18/h9-11H,6-8H2,1-5H3,(H2,14,18)(H,15,17). The van der Waals surface area contributed by atoms with E-state index in [9.17, 15) is 4.79 Å². The molecular weight excluding hydrogens is 246 g/mol. The molecule has 3 atom stereocenters. The van der Waals surface area contributed by atoms with Crippen molar-refractivity contribution in [2.45, 2.75) is 53.1 Å². The zero-order valence-corrected chi connectivity index (χ0v) is 13.0. The molecule has 0 heterocycles. The Hall–Kier alpha value is -0.680. The molecule has 0 aliphatic carbocycles. The van der Waals surface area contributed by atoms with Crippen molar-refractivity contribution in [2.24, 2.45) is 11.7 Å². The van der Waals surface area contributed by atoms with Gasteiger partial charge in [-0.3, -0.25) is 9.69 Å². The summed E-state index contributed by atoms with van der Waals surface area (Å²) in [7, 11) is 0. The van der Waals surface area contributed by atoms with E-state index in [0.29, 0.717) is 4.99 Å². The van der Waals surface area contributed by atoms with E-state index in [0.717, 1.165) is 19.5 Å². The van der Waals surface area contributed by atoms with Crippen molar-refractivity contribution in [3.63, 3.8) is 0 Å². The Morgan fingerprint density at radius 1 is 1.33 bits per heavy atom. The number of carbonyl (C=O) groups excluding carboxylic acids is 1. The van der Waals surface area contributed by atoms with Gasteiger partial charge in [-0.25, -0.2) is 0 Å². The van der Waals surface area contributed by atoms with Crippen molar-refractivity contribution < 1.29 is 4.79 Å². The lowest BCUT2D eigenvalue weighted by molar-refractivity contribution is -0.126. The third kappa shape index (κ3) is 5.78. The van der Waals surface area contributed by atoms with E-state index in [4.69, 9.17) is 18.0 Å². The number of nitrogens with two attached hydrogens (primary N) is 1. The van der Waals surface area contributed by atoms with Gasteiger partial charge in [0.25, 0.3) is 0 Å². The van der Waals surface area contributed by atoms with Crippen LogP contribution in [0.15, 0.2) is 0 Å². The van der Waals surface area contributed by atoms with Gasteiger partial charge in [0.2, 0.25) is 5.91 Å². The first-order valence-electron chi connectivity index (χ1n) is 6.67. The molecule has 18 heavy (non-hydrogen) atoms. The molecule has 0 saturated carbocycles. The van der Waals surface area contributed by atoms with E-state index in [2.05, 4.69) is 17.1 Å². The number of nitrogens with zero attached hydrogens (tertiary/aromatic N) is 1. The molecule has 4 nitrogen and oxygen atoms in total. The first-order valence-corrected chi connectivity index (χ1v) is 7.07. The maximum atomic E-state index is 12.0. The quantitative estimate of drug-likeness (QED) is 0.659. The number of thiocarbonyl (C=S) groups is 1. The van der Waals surface area contributed by atoms with E-state index in [1.807, 2.05) is 27.7 Å². The number of amides is 1. The molecule has 0 fully saturated rings. The summed E-state index contributed by atoms with van der Waals surface area (Å²) in [5.41, 5.74) is 5.62. The highest BCUT2D eigenvalue weighted by Gasteiger charge is 2.22. The number of hydrogen-bond donors (Lipinski definition) is 2. The molecule has 0 saturated heterocycles. The van der Waals surface area contributed by atoms with Gasteiger partial charge in [-0.15, -0.1) is 0 Å². The van der Waals surface area contributed by atoms with Crippen LogP contribution < -0.4 is 11.1 Å². The number of hydrogen-bond acceptors (Lipinski definition) is 3. The lowest BCUT2D eigenvalue weighted by Gasteiger charge is -2.30. The summed E-state index contributed by atoms with van der Waals surface area (Å²) < 4.78 is 0. The smallest absolute Gasteiger partial charge is 0.237 e. The van der Waals surface area contributed by atoms with E-state index >= 15 is 0 Å². The molecule has 0 aromatic rings. The Labute approximate surface area is 116 Å². The molecule has 0 aromatic carbocycles. The van der Waals surface area contributed by atoms with Crippen LogP contribution in [0.4, 0.5) is 0 Å². The minimum atomic E-state index is -0.152. The number of rotatable bonds is 8. The fraction of sp³-hybridized carbons (Fsp3) is 0.846. The Kier molecular flexibility index (Phi) is 8.11. The van der Waals surface area contributed by atoms with Gasteiger partial charge in [0.15, 0.2) is 0 Å². The van der Waals surface area contributed by atoms with Gasteiger partial charge in [0.1, 0.15) is 0 Å². The van der Waals surface area contributed by atoms with Crippen LogP contribution in [-0.2, 0) is 4.79 Å². The molecule has 0 spiro atoms. The SMILES string of the molecule is CCC(C)NC(=O)C(C)N(CC)CC(C)C(N)=S. The van der Waals surface area contributed by atoms with Crippen LogP contribution in [0.5, 0.6) is 0 Å². The molecule has 0 bridgehead atoms. The molecule has 3 unspecified atom stereocenters. The Morgan fingerprint density at radius 2 is 1.89 bits per heavy atom. The van der Waals surface area contributed by atoms with Crippen molar-refractivity contribution in [3.8, 4) is 0 Å². The highest BCUT2D eigenvalue weighted by molar-refractivity contribution is 7.80. The zero-order valence-electron chi connectivity index (χ0n) is 12.2. The van der Waals surface area contributed by atoms with Crippen molar-refractivity contribution in [1.82, 2.24) is 10.2 Å². The Balaban J connectivity index is 4.46. The van der Waals surface area contributed by atoms with Gasteiger partial charge in [-0.05, 0) is 26.8 Å². The molecule has 5 heteroatoms. The van der Waals surface area contributed by atoms with Crippen LogP contribution in [-0.4, -0.2) is 41.0 Å². The average Bonchev–Trinajstić information content (AvgIpc) is 2.34. The zero-order chi connectivity index (χ0) is 14.3. The fourth-order valence-corrected chi connectivity index (χ4v) is 1.71. The highest BCUT2D eigenvalue weighted by atomic mass is 32.1. The van der Waals surface area contributed by atoms with Gasteiger partial charge in [0.05, 0.1) is 11.0 Å². The third-order valence-electron chi connectivity index (χ3n) is 3.33. The lowest BCUT2D eigenvalue weighted by atomic mass is 10.1. The predicted octanol–water partition coefficient (Wildman–Crippen LogP) is 1.53. The molecule has 3 N–H and O–H groups in total. The highest BCUT2D eigenvalue weighted by Crippen LogP contribution is 2.06. The number of nitrogens with one attached hydrogen (secondary N) is 1. The van der Waals surface area contributed by atoms with Gasteiger partial charge in [0, 0.05) is 18.5 Å². The molecule has 0 aliphatic rings. The molecular formula is C13H27N3OS. The lowest BCUT2D eigenvalue weighted by Crippen LogP contribution is -2.49. The molecule has 0 aromatic heterocycles. The summed E-state index contributed by atoms with van der Waals surface area (Å²) in [6.07, 6.45) is 0.938. The van der Waals surface area contributed by atoms with Crippen molar-refractivity contribution in [1.29, 1.82) is 0 Å². The number of likely N-dealkylation sites (N-methyl/N-ethyl adjacent to an activating group) is 1. The van der Waals surface area contributed by atoms with E-state index in [-0.39, 0.29) is 23.9 Å². The first kappa shape index (κ1) is 17.3. The summed E-state index contributed by atoms with van der Waals surface area (Å²) in [5.74, 6) is 0.195. The minimum Gasteiger partial charge on any atom is -0.393 e. The Bertz CT molecular complexity index is 283. The molecule has 0 rings (SSSR count). The van der Waals surface area contributed by atoms with E-state index < -0.39 is 0 Å². The van der Waals surface area contributed by atoms with Crippen LogP contribution in [0.1, 0.15) is 41.0 Å². The second-order valence-electron chi connectivity index (χ2n) is 4.88. The normalized spacial score (nSPS) is 16.1. The first-order chi connectivity index (χ1) is 8.33. The topological polar surface area (TPSA) is 58.4 Å². The maximum Gasteiger partial charge on any atom is 0.237 e. The third-order valence-corrected chi connectivity index (χ3v) is 3.73. The molecule has 1 amide bonds. The largest absolute Gasteiger partial charge is 0.393 e. The summed E-state index contributed by atoms with van der Waals surface area (Å²) in [6, 6.07) is 0.0625. The monoisotopic (exact) mass is 273 g/mol.